The van der Waals surface area contributed by atoms with E-state index in [0.29, 0.717) is 12.1 Å². The molecular formula is C19H14ClF6N3O2S. The molecule has 1 aliphatic heterocycles. The minimum atomic E-state index is -4.64. The van der Waals surface area contributed by atoms with Gasteiger partial charge >= 0.3 is 12.4 Å². The molecule has 0 aromatic heterocycles. The van der Waals surface area contributed by atoms with Crippen LogP contribution in [-0.2, 0) is 28.8 Å². The van der Waals surface area contributed by atoms with Crippen molar-refractivity contribution in [2.45, 2.75) is 28.7 Å². The fourth-order valence-electron chi connectivity index (χ4n) is 2.91. The van der Waals surface area contributed by atoms with Gasteiger partial charge in [-0.15, -0.1) is 0 Å². The molecule has 0 bridgehead atoms. The van der Waals surface area contributed by atoms with Gasteiger partial charge in [0.15, 0.2) is 0 Å². The van der Waals surface area contributed by atoms with E-state index in [1.54, 1.807) is 0 Å². The SMILES string of the molecule is O=S(=O)(NC1=CC(Cl)(Cc2ccccc2C(F)(F)F)NC=N1)c1ccc(C(F)(F)F)cc1. The quantitative estimate of drug-likeness (QED) is 0.359. The second-order valence-electron chi connectivity index (χ2n) is 6.75. The molecule has 0 spiro atoms. The summed E-state index contributed by atoms with van der Waals surface area (Å²) in [7, 11) is -4.34. The third-order valence-corrected chi connectivity index (χ3v) is 6.10. The van der Waals surface area contributed by atoms with Crippen LogP contribution >= 0.6 is 11.6 Å². The monoisotopic (exact) mass is 497 g/mol. The van der Waals surface area contributed by atoms with Gasteiger partial charge in [-0.25, -0.2) is 13.4 Å². The van der Waals surface area contributed by atoms with Gasteiger partial charge in [-0.3, -0.25) is 4.72 Å². The molecule has 1 atom stereocenters. The predicted octanol–water partition coefficient (Wildman–Crippen LogP) is 4.65. The molecule has 0 fully saturated rings. The number of alkyl halides is 7. The summed E-state index contributed by atoms with van der Waals surface area (Å²) in [5.41, 5.74) is -2.07. The third-order valence-electron chi connectivity index (χ3n) is 4.37. The molecule has 1 unspecified atom stereocenters. The lowest BCUT2D eigenvalue weighted by Gasteiger charge is -2.28. The fourth-order valence-corrected chi connectivity index (χ4v) is 4.21. The summed E-state index contributed by atoms with van der Waals surface area (Å²) >= 11 is 6.37. The van der Waals surface area contributed by atoms with Crippen LogP contribution in [0, 0.1) is 0 Å². The average molecular weight is 498 g/mol. The van der Waals surface area contributed by atoms with E-state index in [0.717, 1.165) is 30.6 Å². The Labute approximate surface area is 183 Å². The van der Waals surface area contributed by atoms with Gasteiger partial charge in [0.05, 0.1) is 22.4 Å². The third kappa shape index (κ3) is 5.54. The maximum atomic E-state index is 13.2. The largest absolute Gasteiger partial charge is 0.416 e. The Morgan fingerprint density at radius 3 is 2.19 bits per heavy atom. The van der Waals surface area contributed by atoms with Crippen LogP contribution in [-0.4, -0.2) is 19.8 Å². The van der Waals surface area contributed by atoms with Crippen molar-refractivity contribution in [2.24, 2.45) is 4.99 Å². The molecule has 3 rings (SSSR count). The first-order valence-corrected chi connectivity index (χ1v) is 10.6. The fraction of sp³-hybridized carbons (Fsp3) is 0.211. The molecule has 2 aromatic rings. The average Bonchev–Trinajstić information content (AvgIpc) is 2.66. The highest BCUT2D eigenvalue weighted by Gasteiger charge is 2.36. The highest BCUT2D eigenvalue weighted by Crippen LogP contribution is 2.35. The van der Waals surface area contributed by atoms with Crippen molar-refractivity contribution in [1.29, 1.82) is 0 Å². The number of rotatable bonds is 5. The molecule has 2 N–H and O–H groups in total. The van der Waals surface area contributed by atoms with Crippen LogP contribution in [0.2, 0.25) is 0 Å². The zero-order valence-corrected chi connectivity index (χ0v) is 17.4. The Hall–Kier alpha value is -2.73. The van der Waals surface area contributed by atoms with Crippen LogP contribution in [0.4, 0.5) is 26.3 Å². The van der Waals surface area contributed by atoms with Crippen LogP contribution in [0.1, 0.15) is 16.7 Å². The standard InChI is InChI=1S/C19H14ClF6N3O2S/c20-17(9-12-3-1-2-4-15(12)19(24,25)26)10-16(27-11-28-17)29-32(30,31)14-7-5-13(6-8-14)18(21,22)23/h1-8,10-11,29H,9H2,(H,27,28). The molecule has 0 saturated heterocycles. The number of aliphatic imine (C=N–C) groups is 1. The Morgan fingerprint density at radius 1 is 0.969 bits per heavy atom. The van der Waals surface area contributed by atoms with Crippen molar-refractivity contribution in [3.05, 3.63) is 77.1 Å². The first-order chi connectivity index (χ1) is 14.7. The molecule has 0 saturated carbocycles. The van der Waals surface area contributed by atoms with E-state index < -0.39 is 43.4 Å². The van der Waals surface area contributed by atoms with Crippen molar-refractivity contribution >= 4 is 28.0 Å². The number of halogens is 7. The van der Waals surface area contributed by atoms with Crippen LogP contribution in [0.25, 0.3) is 0 Å². The molecule has 13 heteroatoms. The van der Waals surface area contributed by atoms with E-state index in [9.17, 15) is 34.8 Å². The lowest BCUT2D eigenvalue weighted by Crippen LogP contribution is -2.43. The van der Waals surface area contributed by atoms with Gasteiger partial charge in [-0.1, -0.05) is 29.8 Å². The van der Waals surface area contributed by atoms with Crippen molar-refractivity contribution in [2.75, 3.05) is 0 Å². The number of hydrogen-bond donors (Lipinski definition) is 2. The molecule has 5 nitrogen and oxygen atoms in total. The molecule has 0 radical (unpaired) electrons. The number of hydrogen-bond acceptors (Lipinski definition) is 4. The first-order valence-electron chi connectivity index (χ1n) is 8.77. The van der Waals surface area contributed by atoms with E-state index in [1.165, 1.54) is 18.2 Å². The Morgan fingerprint density at radius 2 is 1.59 bits per heavy atom. The zero-order chi connectivity index (χ0) is 23.8. The Balaban J connectivity index is 1.84. The first kappa shape index (κ1) is 23.9. The highest BCUT2D eigenvalue weighted by molar-refractivity contribution is 7.89. The second kappa shape index (κ2) is 8.32. The predicted molar refractivity (Wildman–Crippen MR) is 105 cm³/mol. The van der Waals surface area contributed by atoms with Crippen LogP contribution in [0.15, 0.2) is 70.3 Å². The highest BCUT2D eigenvalue weighted by atomic mass is 35.5. The lowest BCUT2D eigenvalue weighted by atomic mass is 9.99. The second-order valence-corrected chi connectivity index (χ2v) is 9.11. The van der Waals surface area contributed by atoms with E-state index in [1.807, 2.05) is 0 Å². The van der Waals surface area contributed by atoms with Crippen molar-refractivity contribution in [1.82, 2.24) is 10.0 Å². The van der Waals surface area contributed by atoms with Gasteiger partial charge in [0.1, 0.15) is 10.8 Å². The molecule has 172 valence electrons. The molecule has 0 aliphatic carbocycles. The lowest BCUT2D eigenvalue weighted by molar-refractivity contribution is -0.138. The van der Waals surface area contributed by atoms with Crippen LogP contribution in [0.3, 0.4) is 0 Å². The van der Waals surface area contributed by atoms with Gasteiger partial charge in [0.25, 0.3) is 10.0 Å². The summed E-state index contributed by atoms with van der Waals surface area (Å²) < 4.78 is 105. The van der Waals surface area contributed by atoms with Gasteiger partial charge in [-0.2, -0.15) is 26.3 Å². The number of sulfonamides is 1. The van der Waals surface area contributed by atoms with Crippen molar-refractivity contribution in [3.63, 3.8) is 0 Å². The summed E-state index contributed by atoms with van der Waals surface area (Å²) in [6.07, 6.45) is -7.55. The summed E-state index contributed by atoms with van der Waals surface area (Å²) in [4.78, 5) is 1.63. The summed E-state index contributed by atoms with van der Waals surface area (Å²) in [6.45, 7) is 0. The minimum absolute atomic E-state index is 0.140. The summed E-state index contributed by atoms with van der Waals surface area (Å²) in [5, 5.41) is 2.57. The van der Waals surface area contributed by atoms with E-state index in [-0.39, 0.29) is 17.8 Å². The smallest absolute Gasteiger partial charge is 0.354 e. The van der Waals surface area contributed by atoms with E-state index in [4.69, 9.17) is 11.6 Å². The Bertz CT molecular complexity index is 1160. The zero-order valence-electron chi connectivity index (χ0n) is 15.8. The summed E-state index contributed by atoms with van der Waals surface area (Å²) in [6, 6.07) is 7.50. The van der Waals surface area contributed by atoms with Gasteiger partial charge < -0.3 is 5.32 Å². The number of nitrogens with zero attached hydrogens (tertiary/aromatic N) is 1. The van der Waals surface area contributed by atoms with Gasteiger partial charge in [0, 0.05) is 6.42 Å². The maximum absolute atomic E-state index is 13.2. The normalized spacial score (nSPS) is 19.3. The van der Waals surface area contributed by atoms with E-state index in [2.05, 4.69) is 15.0 Å². The molecule has 1 aliphatic rings. The minimum Gasteiger partial charge on any atom is -0.354 e. The van der Waals surface area contributed by atoms with Crippen LogP contribution in [0.5, 0.6) is 0 Å². The maximum Gasteiger partial charge on any atom is 0.416 e. The van der Waals surface area contributed by atoms with Gasteiger partial charge in [-0.05, 0) is 42.0 Å². The van der Waals surface area contributed by atoms with Crippen LogP contribution < -0.4 is 10.0 Å². The molecule has 1 heterocycles. The van der Waals surface area contributed by atoms with Crippen molar-refractivity contribution < 1.29 is 34.8 Å². The summed E-state index contributed by atoms with van der Waals surface area (Å²) in [5.74, 6) is -0.317. The van der Waals surface area contributed by atoms with E-state index >= 15 is 0 Å². The molecule has 0 amide bonds. The number of benzene rings is 2. The molecule has 32 heavy (non-hydrogen) atoms. The topological polar surface area (TPSA) is 70.6 Å². The van der Waals surface area contributed by atoms with Crippen molar-refractivity contribution in [3.8, 4) is 0 Å². The molecular weight excluding hydrogens is 484 g/mol. The van der Waals surface area contributed by atoms with Gasteiger partial charge in [0.2, 0.25) is 0 Å². The molecule has 2 aromatic carbocycles. The number of nitrogens with one attached hydrogen (secondary N) is 2. The Kier molecular flexibility index (Phi) is 6.22.